The Balaban J connectivity index is 3.07. The van der Waals surface area contributed by atoms with Crippen LogP contribution in [0.3, 0.4) is 0 Å². The van der Waals surface area contributed by atoms with Crippen LogP contribution in [0.1, 0.15) is 135 Å². The van der Waals surface area contributed by atoms with Gasteiger partial charge in [-0.25, -0.2) is 0 Å². The van der Waals surface area contributed by atoms with Crippen LogP contribution in [0.4, 0.5) is 0 Å². The summed E-state index contributed by atoms with van der Waals surface area (Å²) in [5, 5.41) is 0. The zero-order valence-electron chi connectivity index (χ0n) is 19.7. The van der Waals surface area contributed by atoms with Gasteiger partial charge in [-0.3, -0.25) is 0 Å². The molecule has 0 bridgehead atoms. The predicted octanol–water partition coefficient (Wildman–Crippen LogP) is 10.4. The molecule has 0 radical (unpaired) electrons. The first-order valence-electron chi connectivity index (χ1n) is 12.5. The summed E-state index contributed by atoms with van der Waals surface area (Å²) in [4.78, 5) is 0. The van der Waals surface area contributed by atoms with E-state index in [0.717, 1.165) is 0 Å². The van der Waals surface area contributed by atoms with Gasteiger partial charge in [0.05, 0.1) is 0 Å². The van der Waals surface area contributed by atoms with E-state index in [1.165, 1.54) is 135 Å². The summed E-state index contributed by atoms with van der Waals surface area (Å²) < 4.78 is 0. The van der Waals surface area contributed by atoms with Crippen LogP contribution in [-0.2, 0) is 0 Å². The Kier molecular flexibility index (Phi) is 18.0. The van der Waals surface area contributed by atoms with Crippen LogP contribution in [0.5, 0.6) is 0 Å². The number of rotatable bonds is 21. The Hall–Kier alpha value is 0.720. The van der Waals surface area contributed by atoms with Gasteiger partial charge < -0.3 is 0 Å². The topological polar surface area (TPSA) is 0 Å². The Bertz CT molecular complexity index is 296. The molecule has 0 aromatic heterocycles. The predicted molar refractivity (Wildman–Crippen MR) is 133 cm³/mol. The fourth-order valence-electron chi connectivity index (χ4n) is 3.90. The van der Waals surface area contributed by atoms with Crippen molar-refractivity contribution in [2.24, 2.45) is 0 Å². The third kappa shape index (κ3) is 26.7. The molecule has 0 aliphatic carbocycles. The standard InChI is InChI=1S/C25H54ClP/c1-5-6-7-8-9-10-11-12-13-14-15-16-17-18-19-20-21-22-23-24-25-27(2,3,4)26/h5-25H2,1-4H3. The molecule has 0 aliphatic rings. The molecule has 0 amide bonds. The molecule has 0 heterocycles. The second-order valence-corrected chi connectivity index (χ2v) is 20.4. The van der Waals surface area contributed by atoms with Crippen LogP contribution in [0.15, 0.2) is 0 Å². The maximum absolute atomic E-state index is 6.61. The molecular weight excluding hydrogens is 367 g/mol. The van der Waals surface area contributed by atoms with Crippen molar-refractivity contribution in [2.45, 2.75) is 135 Å². The van der Waals surface area contributed by atoms with E-state index in [1.54, 1.807) is 0 Å². The first kappa shape index (κ1) is 27.7. The van der Waals surface area contributed by atoms with E-state index in [4.69, 9.17) is 11.2 Å². The zero-order valence-corrected chi connectivity index (χ0v) is 21.3. The summed E-state index contributed by atoms with van der Waals surface area (Å²) in [5.41, 5.74) is 0. The Morgan fingerprint density at radius 3 is 0.852 bits per heavy atom. The fraction of sp³-hybridized carbons (Fsp3) is 1.00. The monoisotopic (exact) mass is 420 g/mol. The van der Waals surface area contributed by atoms with Gasteiger partial charge in [-0.05, 0) is 0 Å². The molecule has 0 unspecified atom stereocenters. The van der Waals surface area contributed by atoms with E-state index in [2.05, 4.69) is 26.9 Å². The molecule has 0 saturated carbocycles. The Morgan fingerprint density at radius 2 is 0.630 bits per heavy atom. The van der Waals surface area contributed by atoms with E-state index >= 15 is 0 Å². The molecule has 0 aliphatic heterocycles. The molecule has 0 aromatic rings. The molecule has 2 heteroatoms. The van der Waals surface area contributed by atoms with Crippen molar-refractivity contribution in [3.05, 3.63) is 0 Å². The second kappa shape index (κ2) is 17.6. The summed E-state index contributed by atoms with van der Waals surface area (Å²) in [6.45, 7) is 9.14. The van der Waals surface area contributed by atoms with Crippen molar-refractivity contribution >= 4 is 17.2 Å². The minimum atomic E-state index is -1.76. The van der Waals surface area contributed by atoms with Gasteiger partial charge in [0.2, 0.25) is 0 Å². The molecule has 0 atom stereocenters. The van der Waals surface area contributed by atoms with Gasteiger partial charge in [0.1, 0.15) is 0 Å². The van der Waals surface area contributed by atoms with E-state index in [0.29, 0.717) is 0 Å². The van der Waals surface area contributed by atoms with Crippen molar-refractivity contribution in [3.8, 4) is 0 Å². The van der Waals surface area contributed by atoms with Crippen LogP contribution in [0.25, 0.3) is 0 Å². The van der Waals surface area contributed by atoms with E-state index in [-0.39, 0.29) is 0 Å². The molecular formula is C25H54ClP. The first-order chi connectivity index (χ1) is 12.8. The summed E-state index contributed by atoms with van der Waals surface area (Å²) in [6, 6.07) is 0. The van der Waals surface area contributed by atoms with Crippen molar-refractivity contribution in [3.63, 3.8) is 0 Å². The van der Waals surface area contributed by atoms with Crippen molar-refractivity contribution in [1.29, 1.82) is 0 Å². The minimum absolute atomic E-state index is 1.26. The number of halogens is 1. The van der Waals surface area contributed by atoms with Gasteiger partial charge in [-0.2, -0.15) is 0 Å². The van der Waals surface area contributed by atoms with Gasteiger partial charge in [0.25, 0.3) is 0 Å². The van der Waals surface area contributed by atoms with E-state index < -0.39 is 5.96 Å². The van der Waals surface area contributed by atoms with Gasteiger partial charge in [-0.1, -0.05) is 64.7 Å². The SMILES string of the molecule is CCCCCCCCCCCCCCCCCCCCCCP(C)(C)(C)Cl. The van der Waals surface area contributed by atoms with Gasteiger partial charge in [0, 0.05) is 0 Å². The Morgan fingerprint density at radius 1 is 0.407 bits per heavy atom. The number of hydrogen-bond acceptors (Lipinski definition) is 0. The van der Waals surface area contributed by atoms with E-state index in [1.807, 2.05) is 0 Å². The van der Waals surface area contributed by atoms with Crippen LogP contribution < -0.4 is 0 Å². The summed E-state index contributed by atoms with van der Waals surface area (Å²) in [5.74, 6) is -1.76. The maximum atomic E-state index is 6.61. The summed E-state index contributed by atoms with van der Waals surface area (Å²) in [6.07, 6.45) is 30.3. The molecule has 0 aromatic carbocycles. The van der Waals surface area contributed by atoms with Crippen LogP contribution in [0.2, 0.25) is 0 Å². The van der Waals surface area contributed by atoms with E-state index in [9.17, 15) is 0 Å². The zero-order chi connectivity index (χ0) is 20.3. The molecule has 0 fully saturated rings. The van der Waals surface area contributed by atoms with Crippen molar-refractivity contribution < 1.29 is 0 Å². The van der Waals surface area contributed by atoms with Crippen LogP contribution in [-0.4, -0.2) is 26.2 Å². The van der Waals surface area contributed by atoms with Gasteiger partial charge in [0.15, 0.2) is 0 Å². The molecule has 27 heavy (non-hydrogen) atoms. The molecule has 0 rings (SSSR count). The summed E-state index contributed by atoms with van der Waals surface area (Å²) >= 11 is 6.61. The molecule has 0 spiro atoms. The quantitative estimate of drug-likeness (QED) is 0.128. The van der Waals surface area contributed by atoms with Crippen LogP contribution in [0, 0.1) is 0 Å². The normalized spacial score (nSPS) is 13.6. The molecule has 0 nitrogen and oxygen atoms in total. The van der Waals surface area contributed by atoms with Crippen LogP contribution >= 0.6 is 17.2 Å². The molecule has 166 valence electrons. The van der Waals surface area contributed by atoms with Crippen molar-refractivity contribution in [1.82, 2.24) is 0 Å². The van der Waals surface area contributed by atoms with Gasteiger partial charge >= 0.3 is 114 Å². The average molecular weight is 421 g/mol. The fourth-order valence-corrected chi connectivity index (χ4v) is 5.55. The second-order valence-electron chi connectivity index (χ2n) is 10.4. The first-order valence-corrected chi connectivity index (χ1v) is 17.2. The number of hydrogen-bond donors (Lipinski definition) is 0. The number of unbranched alkanes of at least 4 members (excludes halogenated alkanes) is 19. The van der Waals surface area contributed by atoms with Crippen molar-refractivity contribution in [2.75, 3.05) is 26.2 Å². The Labute approximate surface area is 178 Å². The summed E-state index contributed by atoms with van der Waals surface area (Å²) in [7, 11) is 0. The van der Waals surface area contributed by atoms with Gasteiger partial charge in [-0.15, -0.1) is 0 Å². The molecule has 0 N–H and O–H groups in total. The third-order valence-electron chi connectivity index (χ3n) is 5.77. The molecule has 0 saturated heterocycles. The third-order valence-corrected chi connectivity index (χ3v) is 8.10. The average Bonchev–Trinajstić information content (AvgIpc) is 2.58.